The molecule has 0 radical (unpaired) electrons. The Kier molecular flexibility index (Phi) is 1.91. The highest BCUT2D eigenvalue weighted by Crippen LogP contribution is 2.26. The molecule has 0 bridgehead atoms. The second-order valence-electron chi connectivity index (χ2n) is 3.50. The van der Waals surface area contributed by atoms with E-state index in [0.717, 1.165) is 14.8 Å². The lowest BCUT2D eigenvalue weighted by Gasteiger charge is -2.01. The van der Waals surface area contributed by atoms with Gasteiger partial charge in [-0.15, -0.1) is 11.3 Å². The van der Waals surface area contributed by atoms with Crippen LogP contribution >= 0.6 is 11.3 Å². The number of hydrogen-bond donors (Lipinski definition) is 1. The molecule has 0 aliphatic rings. The molecular weight excluding hydrogens is 220 g/mol. The van der Waals surface area contributed by atoms with E-state index in [2.05, 4.69) is 4.98 Å². The number of pyridine rings is 1. The molecule has 1 aromatic carbocycles. The van der Waals surface area contributed by atoms with Gasteiger partial charge in [-0.25, -0.2) is 4.98 Å². The Morgan fingerprint density at radius 1 is 1.12 bits per heavy atom. The number of aromatic nitrogens is 1. The molecule has 0 fully saturated rings. The third-order valence-electron chi connectivity index (χ3n) is 2.52. The quantitative estimate of drug-likeness (QED) is 0.601. The van der Waals surface area contributed by atoms with Crippen LogP contribution < -0.4 is 11.2 Å². The van der Waals surface area contributed by atoms with Gasteiger partial charge in [-0.1, -0.05) is 12.1 Å². The van der Waals surface area contributed by atoms with Crippen LogP contribution in [0.15, 0.2) is 41.3 Å². The first-order chi connectivity index (χ1) is 7.77. The SMILES string of the molecule is Nc1nccc2c(=O)c3ccccc3sc12. The summed E-state index contributed by atoms with van der Waals surface area (Å²) in [5.41, 5.74) is 5.80. The summed E-state index contributed by atoms with van der Waals surface area (Å²) < 4.78 is 1.71. The van der Waals surface area contributed by atoms with Crippen molar-refractivity contribution in [3.8, 4) is 0 Å². The zero-order valence-corrected chi connectivity index (χ0v) is 9.12. The van der Waals surface area contributed by atoms with Crippen molar-refractivity contribution in [2.24, 2.45) is 0 Å². The highest BCUT2D eigenvalue weighted by Gasteiger charge is 2.07. The standard InChI is InChI=1S/C12H8N2OS/c13-12-11-8(5-6-14-12)10(15)7-3-1-2-4-9(7)16-11/h1-6H,(H2,13,14). The van der Waals surface area contributed by atoms with Crippen molar-refractivity contribution in [3.63, 3.8) is 0 Å². The fraction of sp³-hybridized carbons (Fsp3) is 0. The van der Waals surface area contributed by atoms with E-state index < -0.39 is 0 Å². The van der Waals surface area contributed by atoms with Crippen LogP contribution in [0.2, 0.25) is 0 Å². The van der Waals surface area contributed by atoms with Gasteiger partial charge in [0, 0.05) is 21.7 Å². The third-order valence-corrected chi connectivity index (χ3v) is 3.73. The van der Waals surface area contributed by atoms with E-state index >= 15 is 0 Å². The normalized spacial score (nSPS) is 11.0. The molecule has 0 saturated carbocycles. The number of nitrogen functional groups attached to an aromatic ring is 1. The molecule has 0 aliphatic carbocycles. The number of fused-ring (bicyclic) bond motifs is 2. The van der Waals surface area contributed by atoms with Gasteiger partial charge in [0.2, 0.25) is 0 Å². The molecule has 2 aromatic heterocycles. The van der Waals surface area contributed by atoms with E-state index in [1.54, 1.807) is 12.3 Å². The van der Waals surface area contributed by atoms with Crippen molar-refractivity contribution in [1.29, 1.82) is 0 Å². The molecule has 0 aliphatic heterocycles. The van der Waals surface area contributed by atoms with Gasteiger partial charge in [0.25, 0.3) is 0 Å². The van der Waals surface area contributed by atoms with E-state index in [4.69, 9.17) is 5.73 Å². The Hall–Kier alpha value is -1.94. The van der Waals surface area contributed by atoms with Crippen LogP contribution in [0.5, 0.6) is 0 Å². The molecule has 0 spiro atoms. The summed E-state index contributed by atoms with van der Waals surface area (Å²) in [6.45, 7) is 0. The van der Waals surface area contributed by atoms with E-state index in [1.807, 2.05) is 24.3 Å². The second kappa shape index (κ2) is 3.28. The first-order valence-corrected chi connectivity index (χ1v) is 5.65. The molecule has 0 atom stereocenters. The maximum absolute atomic E-state index is 12.2. The molecule has 0 amide bonds. The second-order valence-corrected chi connectivity index (χ2v) is 4.55. The zero-order chi connectivity index (χ0) is 11.1. The van der Waals surface area contributed by atoms with Gasteiger partial charge in [0.05, 0.1) is 4.70 Å². The van der Waals surface area contributed by atoms with Gasteiger partial charge in [-0.2, -0.15) is 0 Å². The van der Waals surface area contributed by atoms with Crippen LogP contribution in [-0.2, 0) is 0 Å². The van der Waals surface area contributed by atoms with Crippen LogP contribution in [-0.4, -0.2) is 4.98 Å². The molecular formula is C12H8N2OS. The Bertz CT molecular complexity index is 749. The maximum atomic E-state index is 12.2. The number of nitrogens with two attached hydrogens (primary N) is 1. The summed E-state index contributed by atoms with van der Waals surface area (Å²) in [6, 6.07) is 9.26. The van der Waals surface area contributed by atoms with Gasteiger partial charge in [-0.3, -0.25) is 4.79 Å². The predicted octanol–water partition coefficient (Wildman–Crippen LogP) is 2.39. The van der Waals surface area contributed by atoms with E-state index in [9.17, 15) is 4.79 Å². The Labute approximate surface area is 95.2 Å². The summed E-state index contributed by atoms with van der Waals surface area (Å²) >= 11 is 1.50. The first kappa shape index (κ1) is 9.30. The number of nitrogens with zero attached hydrogens (tertiary/aromatic N) is 1. The Morgan fingerprint density at radius 3 is 2.81 bits per heavy atom. The van der Waals surface area contributed by atoms with Crippen molar-refractivity contribution in [1.82, 2.24) is 4.98 Å². The summed E-state index contributed by atoms with van der Waals surface area (Å²) in [7, 11) is 0. The fourth-order valence-electron chi connectivity index (χ4n) is 1.75. The minimum absolute atomic E-state index is 0.0263. The van der Waals surface area contributed by atoms with E-state index in [0.29, 0.717) is 11.2 Å². The summed E-state index contributed by atoms with van der Waals surface area (Å²) in [5.74, 6) is 0.422. The molecule has 0 saturated heterocycles. The molecule has 0 unspecified atom stereocenters. The van der Waals surface area contributed by atoms with Crippen molar-refractivity contribution in [2.75, 3.05) is 5.73 Å². The van der Waals surface area contributed by atoms with Crippen molar-refractivity contribution < 1.29 is 0 Å². The Morgan fingerprint density at radius 2 is 1.94 bits per heavy atom. The van der Waals surface area contributed by atoms with Crippen LogP contribution in [0.4, 0.5) is 5.82 Å². The van der Waals surface area contributed by atoms with Crippen molar-refractivity contribution >= 4 is 37.3 Å². The molecule has 2 heterocycles. The summed E-state index contributed by atoms with van der Waals surface area (Å²) in [5, 5.41) is 1.39. The average Bonchev–Trinajstić information content (AvgIpc) is 2.31. The molecule has 4 heteroatoms. The van der Waals surface area contributed by atoms with Crippen LogP contribution in [0.25, 0.3) is 20.2 Å². The lowest BCUT2D eigenvalue weighted by atomic mass is 10.2. The Balaban J connectivity index is 2.67. The zero-order valence-electron chi connectivity index (χ0n) is 8.31. The minimum Gasteiger partial charge on any atom is -0.383 e. The molecule has 16 heavy (non-hydrogen) atoms. The smallest absolute Gasteiger partial charge is 0.196 e. The van der Waals surface area contributed by atoms with Gasteiger partial charge in [0.1, 0.15) is 5.82 Å². The fourth-order valence-corrected chi connectivity index (χ4v) is 2.81. The van der Waals surface area contributed by atoms with Crippen molar-refractivity contribution in [2.45, 2.75) is 0 Å². The monoisotopic (exact) mass is 228 g/mol. The third kappa shape index (κ3) is 1.20. The molecule has 3 nitrogen and oxygen atoms in total. The largest absolute Gasteiger partial charge is 0.383 e. The maximum Gasteiger partial charge on any atom is 0.196 e. The van der Waals surface area contributed by atoms with Crippen LogP contribution in [0.1, 0.15) is 0 Å². The number of benzene rings is 1. The highest BCUT2D eigenvalue weighted by molar-refractivity contribution is 7.25. The molecule has 3 rings (SSSR count). The lowest BCUT2D eigenvalue weighted by molar-refractivity contribution is 1.37. The topological polar surface area (TPSA) is 56.0 Å². The summed E-state index contributed by atoms with van der Waals surface area (Å²) in [4.78, 5) is 16.2. The predicted molar refractivity (Wildman–Crippen MR) is 67.8 cm³/mol. The number of anilines is 1. The van der Waals surface area contributed by atoms with Gasteiger partial charge >= 0.3 is 0 Å². The lowest BCUT2D eigenvalue weighted by Crippen LogP contribution is -2.02. The van der Waals surface area contributed by atoms with Gasteiger partial charge < -0.3 is 5.73 Å². The van der Waals surface area contributed by atoms with Gasteiger partial charge in [0.15, 0.2) is 5.43 Å². The number of hydrogen-bond acceptors (Lipinski definition) is 4. The van der Waals surface area contributed by atoms with E-state index in [1.165, 1.54) is 11.3 Å². The number of rotatable bonds is 0. The van der Waals surface area contributed by atoms with E-state index in [-0.39, 0.29) is 5.43 Å². The minimum atomic E-state index is 0.0263. The molecule has 3 aromatic rings. The summed E-state index contributed by atoms with van der Waals surface area (Å²) in [6.07, 6.45) is 1.57. The van der Waals surface area contributed by atoms with Gasteiger partial charge in [-0.05, 0) is 18.2 Å². The first-order valence-electron chi connectivity index (χ1n) is 4.83. The average molecular weight is 228 g/mol. The molecule has 2 N–H and O–H groups in total. The van der Waals surface area contributed by atoms with Crippen molar-refractivity contribution in [3.05, 3.63) is 46.8 Å². The molecule has 78 valence electrons. The van der Waals surface area contributed by atoms with Crippen LogP contribution in [0.3, 0.4) is 0 Å². The highest BCUT2D eigenvalue weighted by atomic mass is 32.1. The van der Waals surface area contributed by atoms with Crippen LogP contribution in [0, 0.1) is 0 Å².